The van der Waals surface area contributed by atoms with Crippen molar-refractivity contribution >= 4 is 23.1 Å². The van der Waals surface area contributed by atoms with Crippen LogP contribution in [0.3, 0.4) is 0 Å². The Balaban J connectivity index is 2.10. The van der Waals surface area contributed by atoms with Crippen LogP contribution in [0, 0.1) is 0 Å². The van der Waals surface area contributed by atoms with Crippen molar-refractivity contribution in [3.63, 3.8) is 0 Å². The molecule has 0 heterocycles. The molecule has 3 heteroatoms. The standard InChI is InChI=1S/C19H19.2ClH.Zr/c1-3-14-8-10-16(11-9-14)18-7-5-6-17-12-15(4-2)13-19(17)18;;;/h5-13H,3-4H2,1-2H3;2*1H;/q;;;+2/p-2. The summed E-state index contributed by atoms with van der Waals surface area (Å²) in [5, 5.41) is 0. The number of benzene rings is 2. The van der Waals surface area contributed by atoms with E-state index >= 15 is 0 Å². The van der Waals surface area contributed by atoms with Crippen LogP contribution in [0.25, 0.3) is 17.2 Å². The molecule has 0 N–H and O–H groups in total. The van der Waals surface area contributed by atoms with Gasteiger partial charge in [0.05, 0.1) is 0 Å². The third-order valence-corrected chi connectivity index (χ3v) is 9.78. The molecule has 0 amide bonds. The summed E-state index contributed by atoms with van der Waals surface area (Å²) in [4.78, 5) is 0. The minimum atomic E-state index is -2.37. The first-order valence-corrected chi connectivity index (χ1v) is 15.5. The number of hydrogen-bond acceptors (Lipinski definition) is 0. The fourth-order valence-corrected chi connectivity index (χ4v) is 8.84. The first-order valence-electron chi connectivity index (χ1n) is 7.76. The Hall–Kier alpha value is -0.357. The number of aryl methyl sites for hydroxylation is 1. The van der Waals surface area contributed by atoms with Gasteiger partial charge in [-0.15, -0.1) is 0 Å². The van der Waals surface area contributed by atoms with Crippen LogP contribution in [-0.4, -0.2) is 0 Å². The van der Waals surface area contributed by atoms with Gasteiger partial charge in [0, 0.05) is 0 Å². The maximum absolute atomic E-state index is 6.44. The third kappa shape index (κ3) is 3.01. The summed E-state index contributed by atoms with van der Waals surface area (Å²) < 4.78 is 0.320. The molecule has 0 spiro atoms. The van der Waals surface area contributed by atoms with Crippen molar-refractivity contribution in [3.05, 3.63) is 64.7 Å². The summed E-state index contributed by atoms with van der Waals surface area (Å²) in [7, 11) is 12.9. The fourth-order valence-electron chi connectivity index (χ4n) is 3.20. The van der Waals surface area contributed by atoms with E-state index in [0.29, 0.717) is 3.63 Å². The van der Waals surface area contributed by atoms with Crippen molar-refractivity contribution in [1.82, 2.24) is 0 Å². The number of fused-ring (bicyclic) bond motifs is 1. The van der Waals surface area contributed by atoms with Crippen molar-refractivity contribution in [3.8, 4) is 11.1 Å². The average molecular weight is 409 g/mol. The number of rotatable bonds is 4. The van der Waals surface area contributed by atoms with Crippen LogP contribution in [0.4, 0.5) is 0 Å². The van der Waals surface area contributed by atoms with Gasteiger partial charge in [-0.25, -0.2) is 0 Å². The van der Waals surface area contributed by atoms with Gasteiger partial charge in [0.25, 0.3) is 0 Å². The second-order valence-corrected chi connectivity index (χ2v) is 14.5. The topological polar surface area (TPSA) is 0 Å². The van der Waals surface area contributed by atoms with Gasteiger partial charge in [0.15, 0.2) is 0 Å². The van der Waals surface area contributed by atoms with Crippen molar-refractivity contribution in [2.45, 2.75) is 30.3 Å². The first kappa shape index (κ1) is 16.5. The summed E-state index contributed by atoms with van der Waals surface area (Å²) in [5.74, 6) is 0. The van der Waals surface area contributed by atoms with Gasteiger partial charge in [-0.2, -0.15) is 0 Å². The molecular formula is C19H19Cl2Zr. The van der Waals surface area contributed by atoms with E-state index in [1.54, 1.807) is 0 Å². The third-order valence-electron chi connectivity index (χ3n) is 4.45. The van der Waals surface area contributed by atoms with Crippen LogP contribution < -0.4 is 0 Å². The fraction of sp³-hybridized carbons (Fsp3) is 0.263. The summed E-state index contributed by atoms with van der Waals surface area (Å²) in [6.07, 6.45) is 4.43. The SMILES string of the molecule is CCC1=Cc2c(-c3ccc(CC)cc3)cccc2[CH]1[Zr]([Cl])[Cl]. The molecule has 1 aliphatic rings. The van der Waals surface area contributed by atoms with E-state index < -0.39 is 19.4 Å². The molecule has 0 aliphatic heterocycles. The van der Waals surface area contributed by atoms with Gasteiger partial charge in [-0.05, 0) is 0 Å². The zero-order valence-corrected chi connectivity index (χ0v) is 16.8. The molecule has 3 rings (SSSR count). The minimum absolute atomic E-state index is 0.320. The quantitative estimate of drug-likeness (QED) is 0.528. The van der Waals surface area contributed by atoms with Crippen molar-refractivity contribution in [1.29, 1.82) is 0 Å². The van der Waals surface area contributed by atoms with Gasteiger partial charge >= 0.3 is 149 Å². The van der Waals surface area contributed by atoms with Crippen LogP contribution in [0.15, 0.2) is 48.0 Å². The normalized spacial score (nSPS) is 16.4. The van der Waals surface area contributed by atoms with Crippen LogP contribution in [0.5, 0.6) is 0 Å². The Labute approximate surface area is 147 Å². The van der Waals surface area contributed by atoms with Crippen LogP contribution >= 0.6 is 17.0 Å². The zero-order chi connectivity index (χ0) is 15.7. The van der Waals surface area contributed by atoms with Gasteiger partial charge in [-0.1, -0.05) is 0 Å². The van der Waals surface area contributed by atoms with Gasteiger partial charge in [0.1, 0.15) is 0 Å². The molecule has 2 aromatic rings. The Morgan fingerprint density at radius 1 is 0.955 bits per heavy atom. The molecule has 2 aromatic carbocycles. The molecule has 113 valence electrons. The summed E-state index contributed by atoms with van der Waals surface area (Å²) in [6.45, 7) is 4.38. The second-order valence-electron chi connectivity index (χ2n) is 5.65. The van der Waals surface area contributed by atoms with Gasteiger partial charge < -0.3 is 0 Å². The molecule has 22 heavy (non-hydrogen) atoms. The van der Waals surface area contributed by atoms with Gasteiger partial charge in [0.2, 0.25) is 0 Å². The van der Waals surface area contributed by atoms with Crippen LogP contribution in [0.2, 0.25) is 0 Å². The summed E-state index contributed by atoms with van der Waals surface area (Å²) >= 11 is -2.37. The van der Waals surface area contributed by atoms with E-state index in [4.69, 9.17) is 17.0 Å². The molecule has 0 bridgehead atoms. The van der Waals surface area contributed by atoms with Crippen molar-refractivity contribution in [2.75, 3.05) is 0 Å². The Morgan fingerprint density at radius 3 is 2.27 bits per heavy atom. The molecule has 1 unspecified atom stereocenters. The summed E-state index contributed by atoms with van der Waals surface area (Å²) in [6, 6.07) is 15.4. The second kappa shape index (κ2) is 7.04. The van der Waals surface area contributed by atoms with E-state index in [1.165, 1.54) is 33.4 Å². The Bertz CT molecular complexity index is 702. The van der Waals surface area contributed by atoms with Crippen molar-refractivity contribution in [2.24, 2.45) is 0 Å². The van der Waals surface area contributed by atoms with Crippen LogP contribution in [0.1, 0.15) is 40.6 Å². The Kier molecular flexibility index (Phi) is 5.28. The summed E-state index contributed by atoms with van der Waals surface area (Å²) in [5.41, 5.74) is 8.02. The molecule has 1 atom stereocenters. The van der Waals surface area contributed by atoms with Gasteiger partial charge in [-0.3, -0.25) is 0 Å². The molecule has 0 saturated heterocycles. The maximum atomic E-state index is 6.44. The molecule has 0 nitrogen and oxygen atoms in total. The van der Waals surface area contributed by atoms with Crippen LogP contribution in [-0.2, 0) is 25.8 Å². The molecular weight excluding hydrogens is 390 g/mol. The predicted octanol–water partition coefficient (Wildman–Crippen LogP) is 6.69. The zero-order valence-electron chi connectivity index (χ0n) is 12.9. The number of allylic oxidation sites excluding steroid dienone is 1. The van der Waals surface area contributed by atoms with E-state index in [2.05, 4.69) is 62.4 Å². The average Bonchev–Trinajstić information content (AvgIpc) is 2.93. The molecule has 0 fully saturated rings. The van der Waals surface area contributed by atoms with E-state index in [1.807, 2.05) is 0 Å². The monoisotopic (exact) mass is 407 g/mol. The predicted molar refractivity (Wildman–Crippen MR) is 94.0 cm³/mol. The molecule has 1 aliphatic carbocycles. The molecule has 0 radical (unpaired) electrons. The molecule has 0 aromatic heterocycles. The first-order chi connectivity index (χ1) is 10.7. The van der Waals surface area contributed by atoms with E-state index in [-0.39, 0.29) is 0 Å². The molecule has 0 saturated carbocycles. The Morgan fingerprint density at radius 2 is 1.68 bits per heavy atom. The van der Waals surface area contributed by atoms with E-state index in [9.17, 15) is 0 Å². The van der Waals surface area contributed by atoms with Crippen molar-refractivity contribution < 1.29 is 19.4 Å². The number of hydrogen-bond donors (Lipinski definition) is 0. The number of halogens is 2. The van der Waals surface area contributed by atoms with E-state index in [0.717, 1.165) is 12.8 Å².